The van der Waals surface area contributed by atoms with Gasteiger partial charge in [0.25, 0.3) is 0 Å². The van der Waals surface area contributed by atoms with E-state index in [1.165, 1.54) is 12.1 Å². The first kappa shape index (κ1) is 13.7. The van der Waals surface area contributed by atoms with Gasteiger partial charge in [0.05, 0.1) is 17.8 Å². The van der Waals surface area contributed by atoms with Gasteiger partial charge in [-0.1, -0.05) is 0 Å². The van der Waals surface area contributed by atoms with Crippen LogP contribution in [0.2, 0.25) is 0 Å². The molecule has 1 aromatic carbocycles. The van der Waals surface area contributed by atoms with E-state index < -0.39 is 11.6 Å². The third-order valence-corrected chi connectivity index (χ3v) is 3.68. The molecule has 0 radical (unpaired) electrons. The van der Waals surface area contributed by atoms with E-state index in [1.807, 2.05) is 0 Å². The van der Waals surface area contributed by atoms with Gasteiger partial charge in [0, 0.05) is 31.9 Å². The summed E-state index contributed by atoms with van der Waals surface area (Å²) in [5.74, 6) is -1.10. The molecule has 2 heterocycles. The summed E-state index contributed by atoms with van der Waals surface area (Å²) in [6, 6.07) is 5.85. The second kappa shape index (κ2) is 5.62. The van der Waals surface area contributed by atoms with Crippen molar-refractivity contribution < 1.29 is 8.78 Å². The molecule has 1 aliphatic rings. The predicted octanol–water partition coefficient (Wildman–Crippen LogP) is 2.48. The molecule has 1 aromatic heterocycles. The summed E-state index contributed by atoms with van der Waals surface area (Å²) in [7, 11) is 0. The minimum Gasteiger partial charge on any atom is -0.297 e. The maximum Gasteiger partial charge on any atom is 0.126 e. The van der Waals surface area contributed by atoms with Gasteiger partial charge in [0.2, 0.25) is 0 Å². The Kier molecular flexibility index (Phi) is 3.67. The lowest BCUT2D eigenvalue weighted by atomic mass is 10.2. The lowest BCUT2D eigenvalue weighted by Crippen LogP contribution is -2.21. The highest BCUT2D eigenvalue weighted by molar-refractivity contribution is 5.22. The smallest absolute Gasteiger partial charge is 0.126 e. The van der Waals surface area contributed by atoms with Gasteiger partial charge in [0.1, 0.15) is 17.7 Å². The van der Waals surface area contributed by atoms with Crippen molar-refractivity contribution in [3.05, 3.63) is 53.4 Å². The topological polar surface area (TPSA) is 44.9 Å². The van der Waals surface area contributed by atoms with Crippen molar-refractivity contribution in [3.63, 3.8) is 0 Å². The second-order valence-electron chi connectivity index (χ2n) is 5.28. The summed E-state index contributed by atoms with van der Waals surface area (Å²) in [4.78, 5) is 2.13. The molecule has 1 saturated heterocycles. The SMILES string of the molecule is N#Cc1cnn(C2CCN(Cc3cc(F)cc(F)c3)C2)c1. The Balaban J connectivity index is 1.65. The number of nitrogens with zero attached hydrogens (tertiary/aromatic N) is 4. The number of likely N-dealkylation sites (tertiary alicyclic amines) is 1. The maximum atomic E-state index is 13.2. The van der Waals surface area contributed by atoms with Gasteiger partial charge in [0.15, 0.2) is 0 Å². The van der Waals surface area contributed by atoms with Gasteiger partial charge in [-0.25, -0.2) is 8.78 Å². The maximum absolute atomic E-state index is 13.2. The number of aromatic nitrogens is 2. The van der Waals surface area contributed by atoms with Gasteiger partial charge in [-0.2, -0.15) is 10.4 Å². The van der Waals surface area contributed by atoms with Gasteiger partial charge < -0.3 is 0 Å². The zero-order valence-electron chi connectivity index (χ0n) is 11.3. The van der Waals surface area contributed by atoms with Gasteiger partial charge in [-0.05, 0) is 24.1 Å². The van der Waals surface area contributed by atoms with Crippen molar-refractivity contribution in [1.29, 1.82) is 5.26 Å². The average molecular weight is 288 g/mol. The van der Waals surface area contributed by atoms with Crippen molar-refractivity contribution in [1.82, 2.24) is 14.7 Å². The summed E-state index contributed by atoms with van der Waals surface area (Å²) >= 11 is 0. The Morgan fingerprint density at radius 2 is 2.05 bits per heavy atom. The number of halogens is 2. The van der Waals surface area contributed by atoms with E-state index in [2.05, 4.69) is 16.1 Å². The lowest BCUT2D eigenvalue weighted by molar-refractivity contribution is 0.310. The van der Waals surface area contributed by atoms with Crippen LogP contribution in [0.25, 0.3) is 0 Å². The van der Waals surface area contributed by atoms with Crippen molar-refractivity contribution in [3.8, 4) is 6.07 Å². The Labute approximate surface area is 121 Å². The van der Waals surface area contributed by atoms with Gasteiger partial charge in [-0.15, -0.1) is 0 Å². The van der Waals surface area contributed by atoms with Crippen molar-refractivity contribution in [2.24, 2.45) is 0 Å². The largest absolute Gasteiger partial charge is 0.297 e. The molecule has 1 aliphatic heterocycles. The van der Waals surface area contributed by atoms with E-state index in [9.17, 15) is 8.78 Å². The van der Waals surface area contributed by atoms with Crippen molar-refractivity contribution in [2.45, 2.75) is 19.0 Å². The van der Waals surface area contributed by atoms with Crippen LogP contribution in [-0.4, -0.2) is 27.8 Å². The zero-order chi connectivity index (χ0) is 14.8. The van der Waals surface area contributed by atoms with Crippen molar-refractivity contribution >= 4 is 0 Å². The molecule has 108 valence electrons. The van der Waals surface area contributed by atoms with E-state index in [4.69, 9.17) is 5.26 Å². The van der Waals surface area contributed by atoms with Crippen LogP contribution in [-0.2, 0) is 6.54 Å². The molecule has 1 atom stereocenters. The van der Waals surface area contributed by atoms with Crippen LogP contribution in [0.3, 0.4) is 0 Å². The van der Waals surface area contributed by atoms with Crippen molar-refractivity contribution in [2.75, 3.05) is 13.1 Å². The van der Waals surface area contributed by atoms with Crippen LogP contribution >= 0.6 is 0 Å². The molecule has 0 bridgehead atoms. The third kappa shape index (κ3) is 3.09. The first-order chi connectivity index (χ1) is 10.1. The molecule has 0 aliphatic carbocycles. The number of rotatable bonds is 3. The Morgan fingerprint density at radius 1 is 1.29 bits per heavy atom. The molecule has 3 rings (SSSR count). The molecule has 4 nitrogen and oxygen atoms in total. The number of hydrogen-bond acceptors (Lipinski definition) is 3. The molecule has 0 saturated carbocycles. The highest BCUT2D eigenvalue weighted by Crippen LogP contribution is 2.23. The number of benzene rings is 1. The first-order valence-electron chi connectivity index (χ1n) is 6.75. The Morgan fingerprint density at radius 3 is 2.71 bits per heavy atom. The van der Waals surface area contributed by atoms with Crippen LogP contribution in [0.15, 0.2) is 30.6 Å². The summed E-state index contributed by atoms with van der Waals surface area (Å²) in [5.41, 5.74) is 1.17. The molecule has 21 heavy (non-hydrogen) atoms. The monoisotopic (exact) mass is 288 g/mol. The van der Waals surface area contributed by atoms with Crippen LogP contribution in [0.1, 0.15) is 23.6 Å². The fourth-order valence-corrected chi connectivity index (χ4v) is 2.73. The molecule has 0 spiro atoms. The molecular formula is C15H14F2N4. The molecular weight excluding hydrogens is 274 g/mol. The van der Waals surface area contributed by atoms with Crippen LogP contribution in [0, 0.1) is 23.0 Å². The average Bonchev–Trinajstić information content (AvgIpc) is 3.05. The molecule has 1 unspecified atom stereocenters. The first-order valence-corrected chi connectivity index (χ1v) is 6.75. The highest BCUT2D eigenvalue weighted by Gasteiger charge is 2.24. The minimum absolute atomic E-state index is 0.200. The van der Waals surface area contributed by atoms with Crippen LogP contribution in [0.4, 0.5) is 8.78 Å². The second-order valence-corrected chi connectivity index (χ2v) is 5.28. The Bertz CT molecular complexity index is 669. The molecule has 2 aromatic rings. The summed E-state index contributed by atoms with van der Waals surface area (Å²) in [5, 5.41) is 13.0. The quantitative estimate of drug-likeness (QED) is 0.871. The van der Waals surface area contributed by atoms with E-state index in [-0.39, 0.29) is 6.04 Å². The zero-order valence-corrected chi connectivity index (χ0v) is 11.3. The lowest BCUT2D eigenvalue weighted by Gasteiger charge is -2.16. The van der Waals surface area contributed by atoms with Gasteiger partial charge >= 0.3 is 0 Å². The van der Waals surface area contributed by atoms with Crippen LogP contribution < -0.4 is 0 Å². The Hall–Kier alpha value is -2.26. The normalized spacial score (nSPS) is 18.8. The van der Waals surface area contributed by atoms with Gasteiger partial charge in [-0.3, -0.25) is 9.58 Å². The minimum atomic E-state index is -0.550. The third-order valence-electron chi connectivity index (χ3n) is 3.68. The molecule has 0 N–H and O–H groups in total. The van der Waals surface area contributed by atoms with E-state index in [0.717, 1.165) is 25.6 Å². The molecule has 0 amide bonds. The standard InChI is InChI=1S/C15H14F2N4/c16-13-3-11(4-14(17)5-13)8-20-2-1-15(10-20)21-9-12(6-18)7-19-21/h3-5,7,9,15H,1-2,8,10H2. The van der Waals surface area contributed by atoms with Crippen LogP contribution in [0.5, 0.6) is 0 Å². The highest BCUT2D eigenvalue weighted by atomic mass is 19.1. The number of hydrogen-bond donors (Lipinski definition) is 0. The summed E-state index contributed by atoms with van der Waals surface area (Å²) in [6.07, 6.45) is 4.19. The molecule has 6 heteroatoms. The fourth-order valence-electron chi connectivity index (χ4n) is 2.73. The molecule has 1 fully saturated rings. The fraction of sp³-hybridized carbons (Fsp3) is 0.333. The predicted molar refractivity (Wildman–Crippen MR) is 72.2 cm³/mol. The summed E-state index contributed by atoms with van der Waals surface area (Å²) < 4.78 is 28.2. The van der Waals surface area contributed by atoms with E-state index in [0.29, 0.717) is 17.7 Å². The number of nitriles is 1. The van der Waals surface area contributed by atoms with E-state index in [1.54, 1.807) is 17.1 Å². The summed E-state index contributed by atoms with van der Waals surface area (Å²) in [6.45, 7) is 2.10. The van der Waals surface area contributed by atoms with E-state index >= 15 is 0 Å².